The molecule has 1 fully saturated rings. The number of hydrogen-bond acceptors (Lipinski definition) is 2. The van der Waals surface area contributed by atoms with Gasteiger partial charge in [0.05, 0.1) is 17.9 Å². The molecule has 0 radical (unpaired) electrons. The smallest absolute Gasteiger partial charge is 0.123 e. The molecule has 1 unspecified atom stereocenters. The van der Waals surface area contributed by atoms with Crippen LogP contribution in [0.25, 0.3) is 5.57 Å². The molecular formula is C14H18BrN3. The van der Waals surface area contributed by atoms with E-state index in [1.165, 1.54) is 12.8 Å². The van der Waals surface area contributed by atoms with Crippen molar-refractivity contribution in [1.29, 1.82) is 0 Å². The van der Waals surface area contributed by atoms with Gasteiger partial charge in [0.2, 0.25) is 0 Å². The summed E-state index contributed by atoms with van der Waals surface area (Å²) in [5.74, 6) is 1.01. The Balaban J connectivity index is 2.05. The highest BCUT2D eigenvalue weighted by atomic mass is 79.9. The Morgan fingerprint density at radius 3 is 2.89 bits per heavy atom. The molecule has 0 saturated carbocycles. The van der Waals surface area contributed by atoms with Crippen molar-refractivity contribution in [3.8, 4) is 0 Å². The Labute approximate surface area is 116 Å². The van der Waals surface area contributed by atoms with E-state index >= 15 is 0 Å². The molecule has 1 aromatic rings. The van der Waals surface area contributed by atoms with Crippen LogP contribution in [0.2, 0.25) is 0 Å². The fraction of sp³-hybridized carbons (Fsp3) is 0.357. The normalized spacial score (nSPS) is 20.2. The monoisotopic (exact) mass is 307 g/mol. The maximum absolute atomic E-state index is 4.44. The molecule has 0 aromatic carbocycles. The first-order valence-corrected chi connectivity index (χ1v) is 6.96. The summed E-state index contributed by atoms with van der Waals surface area (Å²) in [5, 5.41) is 3.47. The van der Waals surface area contributed by atoms with Gasteiger partial charge < -0.3 is 10.3 Å². The molecule has 2 rings (SSSR count). The van der Waals surface area contributed by atoms with Crippen molar-refractivity contribution < 1.29 is 0 Å². The fourth-order valence-electron chi connectivity index (χ4n) is 2.04. The molecule has 1 saturated heterocycles. The van der Waals surface area contributed by atoms with Gasteiger partial charge in [0, 0.05) is 4.48 Å². The maximum Gasteiger partial charge on any atom is 0.123 e. The van der Waals surface area contributed by atoms with Gasteiger partial charge in [-0.2, -0.15) is 0 Å². The second-order valence-corrected chi connectivity index (χ2v) is 5.51. The summed E-state index contributed by atoms with van der Waals surface area (Å²) in [4.78, 5) is 7.78. The number of aromatic nitrogens is 2. The van der Waals surface area contributed by atoms with Crippen LogP contribution in [0.1, 0.15) is 36.8 Å². The van der Waals surface area contributed by atoms with Crippen LogP contribution in [0.5, 0.6) is 0 Å². The fourth-order valence-corrected chi connectivity index (χ4v) is 2.18. The predicted octanol–water partition coefficient (Wildman–Crippen LogP) is 3.70. The molecule has 1 aliphatic rings. The van der Waals surface area contributed by atoms with Crippen LogP contribution >= 0.6 is 15.9 Å². The summed E-state index contributed by atoms with van der Waals surface area (Å²) in [6.07, 6.45) is 9.30. The lowest BCUT2D eigenvalue weighted by Gasteiger charge is -2.21. The molecule has 0 aliphatic carbocycles. The van der Waals surface area contributed by atoms with Crippen LogP contribution in [0.15, 0.2) is 36.0 Å². The van der Waals surface area contributed by atoms with Gasteiger partial charge in [-0.05, 0) is 31.0 Å². The average molecular weight is 308 g/mol. The zero-order chi connectivity index (χ0) is 13.0. The summed E-state index contributed by atoms with van der Waals surface area (Å²) >= 11 is 3.29. The first-order valence-electron chi connectivity index (χ1n) is 6.17. The molecule has 0 bridgehead atoms. The topological polar surface area (TPSA) is 40.7 Å². The van der Waals surface area contributed by atoms with Crippen LogP contribution in [0.3, 0.4) is 0 Å². The van der Waals surface area contributed by atoms with E-state index in [1.807, 2.05) is 18.3 Å². The van der Waals surface area contributed by atoms with E-state index in [4.69, 9.17) is 0 Å². The Morgan fingerprint density at radius 1 is 1.39 bits per heavy atom. The van der Waals surface area contributed by atoms with Crippen LogP contribution in [0, 0.1) is 0 Å². The van der Waals surface area contributed by atoms with E-state index in [0.29, 0.717) is 6.04 Å². The third kappa shape index (κ3) is 3.43. The minimum atomic E-state index is 0.357. The number of nitrogens with one attached hydrogen (secondary N) is 2. The lowest BCUT2D eigenvalue weighted by atomic mass is 10.0. The average Bonchev–Trinajstić information content (AvgIpc) is 2.86. The number of piperidine rings is 1. The number of hydrogen-bond donors (Lipinski definition) is 2. The molecule has 96 valence electrons. The van der Waals surface area contributed by atoms with Gasteiger partial charge >= 0.3 is 0 Å². The Kier molecular flexibility index (Phi) is 4.55. The highest BCUT2D eigenvalue weighted by Crippen LogP contribution is 2.22. The molecule has 1 aromatic heterocycles. The van der Waals surface area contributed by atoms with Crippen LogP contribution in [-0.2, 0) is 0 Å². The number of allylic oxidation sites excluding steroid dienone is 4. The Hall–Kier alpha value is -1.13. The van der Waals surface area contributed by atoms with Crippen molar-refractivity contribution in [2.24, 2.45) is 0 Å². The van der Waals surface area contributed by atoms with Crippen LogP contribution in [0.4, 0.5) is 0 Å². The van der Waals surface area contributed by atoms with Crippen molar-refractivity contribution in [3.05, 3.63) is 47.5 Å². The predicted molar refractivity (Wildman–Crippen MR) is 79.4 cm³/mol. The zero-order valence-corrected chi connectivity index (χ0v) is 12.0. The van der Waals surface area contributed by atoms with Crippen LogP contribution in [-0.4, -0.2) is 16.5 Å². The van der Waals surface area contributed by atoms with Gasteiger partial charge in [-0.3, -0.25) is 0 Å². The van der Waals surface area contributed by atoms with Crippen molar-refractivity contribution in [2.75, 3.05) is 6.54 Å². The molecule has 18 heavy (non-hydrogen) atoms. The second-order valence-electron chi connectivity index (χ2n) is 4.49. The molecule has 1 atom stereocenters. The minimum Gasteiger partial charge on any atom is -0.341 e. The molecule has 2 N–H and O–H groups in total. The number of imidazole rings is 1. The van der Waals surface area contributed by atoms with Crippen molar-refractivity contribution in [3.63, 3.8) is 0 Å². The van der Waals surface area contributed by atoms with Gasteiger partial charge in [0.25, 0.3) is 0 Å². The quantitative estimate of drug-likeness (QED) is 0.833. The lowest BCUT2D eigenvalue weighted by Crippen LogP contribution is -2.27. The minimum absolute atomic E-state index is 0.357. The van der Waals surface area contributed by atoms with Crippen LogP contribution < -0.4 is 5.32 Å². The van der Waals surface area contributed by atoms with Crippen molar-refractivity contribution >= 4 is 21.5 Å². The van der Waals surface area contributed by atoms with Crippen molar-refractivity contribution in [2.45, 2.75) is 25.3 Å². The van der Waals surface area contributed by atoms with Gasteiger partial charge in [-0.15, -0.1) is 0 Å². The summed E-state index contributed by atoms with van der Waals surface area (Å²) in [6, 6.07) is 0.357. The Morgan fingerprint density at radius 2 is 2.22 bits per heavy atom. The highest BCUT2D eigenvalue weighted by Gasteiger charge is 2.17. The number of rotatable bonds is 4. The van der Waals surface area contributed by atoms with Gasteiger partial charge in [-0.1, -0.05) is 41.6 Å². The van der Waals surface area contributed by atoms with Crippen molar-refractivity contribution in [1.82, 2.24) is 15.3 Å². The number of halogens is 1. The van der Waals surface area contributed by atoms with E-state index in [2.05, 4.69) is 44.4 Å². The summed E-state index contributed by atoms with van der Waals surface area (Å²) in [7, 11) is 0. The molecule has 0 spiro atoms. The largest absolute Gasteiger partial charge is 0.341 e. The lowest BCUT2D eigenvalue weighted by molar-refractivity contribution is 0.399. The van der Waals surface area contributed by atoms with E-state index in [9.17, 15) is 0 Å². The molecule has 2 heterocycles. The SMILES string of the molecule is C=C(Br)/C=C\C(=C)c1cnc(C2CCCCN2)[nH]1. The van der Waals surface area contributed by atoms with Gasteiger partial charge in [0.15, 0.2) is 0 Å². The summed E-state index contributed by atoms with van der Waals surface area (Å²) in [6.45, 7) is 8.84. The number of nitrogens with zero attached hydrogens (tertiary/aromatic N) is 1. The van der Waals surface area contributed by atoms with E-state index < -0.39 is 0 Å². The summed E-state index contributed by atoms with van der Waals surface area (Å²) in [5.41, 5.74) is 1.87. The standard InChI is InChI=1S/C14H18BrN3/c1-10(6-7-11(2)15)13-9-17-14(18-13)12-5-3-4-8-16-12/h6-7,9,12,16H,1-5,8H2,(H,17,18)/b7-6-. The first kappa shape index (κ1) is 13.3. The maximum atomic E-state index is 4.44. The van der Waals surface area contributed by atoms with Gasteiger partial charge in [-0.25, -0.2) is 4.98 Å². The molecule has 0 amide bonds. The van der Waals surface area contributed by atoms with E-state index in [0.717, 1.165) is 34.5 Å². The number of H-pyrrole nitrogens is 1. The third-order valence-electron chi connectivity index (χ3n) is 3.05. The Bertz CT molecular complexity index is 467. The molecule has 3 nitrogen and oxygen atoms in total. The van der Waals surface area contributed by atoms with E-state index in [1.54, 1.807) is 0 Å². The first-order chi connectivity index (χ1) is 8.66. The van der Waals surface area contributed by atoms with E-state index in [-0.39, 0.29) is 0 Å². The second kappa shape index (κ2) is 6.16. The molecule has 4 heteroatoms. The summed E-state index contributed by atoms with van der Waals surface area (Å²) < 4.78 is 0.831. The molecule has 1 aliphatic heterocycles. The number of aromatic amines is 1. The third-order valence-corrected chi connectivity index (χ3v) is 3.31. The zero-order valence-electron chi connectivity index (χ0n) is 10.4. The highest BCUT2D eigenvalue weighted by molar-refractivity contribution is 9.11. The molecular weight excluding hydrogens is 290 g/mol. The van der Waals surface area contributed by atoms with Gasteiger partial charge in [0.1, 0.15) is 5.82 Å².